The molecule has 0 aliphatic carbocycles. The van der Waals surface area contributed by atoms with Crippen LogP contribution in [-0.4, -0.2) is 43.2 Å². The normalized spacial score (nSPS) is 19.9. The van der Waals surface area contributed by atoms with Gasteiger partial charge in [0.2, 0.25) is 0 Å². The van der Waals surface area contributed by atoms with Crippen molar-refractivity contribution in [1.29, 1.82) is 0 Å². The summed E-state index contributed by atoms with van der Waals surface area (Å²) in [6.45, 7) is 3.15. The summed E-state index contributed by atoms with van der Waals surface area (Å²) in [5.41, 5.74) is 0. The molecular formula is C10H13NO2. The molecule has 3 nitrogen and oxygen atoms in total. The molecule has 0 aromatic heterocycles. The summed E-state index contributed by atoms with van der Waals surface area (Å²) in [6, 6.07) is 0.0188. The average molecular weight is 179 g/mol. The van der Waals surface area contributed by atoms with Crippen LogP contribution in [0.2, 0.25) is 0 Å². The van der Waals surface area contributed by atoms with Gasteiger partial charge in [0.15, 0.2) is 0 Å². The highest BCUT2D eigenvalue weighted by molar-refractivity contribution is 5.45. The van der Waals surface area contributed by atoms with Gasteiger partial charge in [-0.1, -0.05) is 5.92 Å². The van der Waals surface area contributed by atoms with E-state index >= 15 is 0 Å². The standard InChI is InChI=1S/C10H13NO2/c1-2-10(4-3-7-12)11-5-8-13-9-6-11/h1,3,10H,4-6,8-9H2. The Labute approximate surface area is 78.4 Å². The molecular weight excluding hydrogens is 166 g/mol. The van der Waals surface area contributed by atoms with Crippen LogP contribution in [0.4, 0.5) is 0 Å². The largest absolute Gasteiger partial charge is 0.379 e. The second kappa shape index (κ2) is 5.55. The molecule has 1 aliphatic heterocycles. The zero-order chi connectivity index (χ0) is 9.52. The van der Waals surface area contributed by atoms with Gasteiger partial charge in [0, 0.05) is 25.6 Å². The second-order valence-electron chi connectivity index (χ2n) is 2.89. The summed E-state index contributed by atoms with van der Waals surface area (Å²) < 4.78 is 5.20. The van der Waals surface area contributed by atoms with Crippen LogP contribution in [0, 0.1) is 12.3 Å². The lowest BCUT2D eigenvalue weighted by molar-refractivity contribution is 0.0278. The molecule has 0 saturated carbocycles. The Morgan fingerprint density at radius 1 is 1.54 bits per heavy atom. The van der Waals surface area contributed by atoms with Crippen molar-refractivity contribution in [2.45, 2.75) is 12.5 Å². The van der Waals surface area contributed by atoms with Crippen molar-refractivity contribution in [1.82, 2.24) is 4.90 Å². The van der Waals surface area contributed by atoms with Crippen molar-refractivity contribution in [2.75, 3.05) is 26.3 Å². The van der Waals surface area contributed by atoms with E-state index in [9.17, 15) is 4.79 Å². The van der Waals surface area contributed by atoms with Crippen molar-refractivity contribution in [3.05, 3.63) is 6.08 Å². The van der Waals surface area contributed by atoms with Gasteiger partial charge in [-0.2, -0.15) is 0 Å². The van der Waals surface area contributed by atoms with Gasteiger partial charge < -0.3 is 4.74 Å². The Morgan fingerprint density at radius 2 is 2.23 bits per heavy atom. The molecule has 3 heteroatoms. The van der Waals surface area contributed by atoms with Gasteiger partial charge in [-0.25, -0.2) is 4.79 Å². The van der Waals surface area contributed by atoms with Crippen molar-refractivity contribution in [3.8, 4) is 12.3 Å². The maximum absolute atomic E-state index is 10.0. The van der Waals surface area contributed by atoms with Crippen molar-refractivity contribution in [3.63, 3.8) is 0 Å². The van der Waals surface area contributed by atoms with E-state index in [2.05, 4.69) is 10.8 Å². The molecule has 1 saturated heterocycles. The van der Waals surface area contributed by atoms with Crippen LogP contribution in [0.15, 0.2) is 6.08 Å². The maximum Gasteiger partial charge on any atom is 0.120 e. The van der Waals surface area contributed by atoms with Gasteiger partial charge in [-0.3, -0.25) is 4.90 Å². The number of rotatable bonds is 3. The number of terminal acetylenes is 1. The predicted molar refractivity (Wildman–Crippen MR) is 49.9 cm³/mol. The summed E-state index contributed by atoms with van der Waals surface area (Å²) in [7, 11) is 0. The smallest absolute Gasteiger partial charge is 0.120 e. The quantitative estimate of drug-likeness (QED) is 0.454. The second-order valence-corrected chi connectivity index (χ2v) is 2.89. The van der Waals surface area contributed by atoms with E-state index in [0.717, 1.165) is 26.3 Å². The summed E-state index contributed by atoms with van der Waals surface area (Å²) in [5.74, 6) is 4.41. The van der Waals surface area contributed by atoms with Crippen molar-refractivity contribution in [2.24, 2.45) is 0 Å². The van der Waals surface area contributed by atoms with E-state index in [1.807, 2.05) is 0 Å². The number of hydrogen-bond donors (Lipinski definition) is 0. The lowest BCUT2D eigenvalue weighted by atomic mass is 10.1. The molecule has 0 radical (unpaired) electrons. The topological polar surface area (TPSA) is 29.5 Å². The fraction of sp³-hybridized carbons (Fsp3) is 0.600. The molecule has 0 N–H and O–H groups in total. The van der Waals surface area contributed by atoms with Gasteiger partial charge in [0.1, 0.15) is 5.94 Å². The van der Waals surface area contributed by atoms with Gasteiger partial charge >= 0.3 is 0 Å². The minimum atomic E-state index is 0.0188. The molecule has 0 aromatic rings. The summed E-state index contributed by atoms with van der Waals surface area (Å²) in [6.07, 6.45) is 7.39. The first-order chi connectivity index (χ1) is 6.38. The Bertz CT molecular complexity index is 232. The molecule has 70 valence electrons. The Hall–Kier alpha value is -1.07. The molecule has 0 spiro atoms. The minimum absolute atomic E-state index is 0.0188. The first-order valence-corrected chi connectivity index (χ1v) is 4.35. The number of ether oxygens (including phenoxy) is 1. The molecule has 1 rings (SSSR count). The van der Waals surface area contributed by atoms with E-state index in [-0.39, 0.29) is 6.04 Å². The van der Waals surface area contributed by atoms with Gasteiger partial charge in [-0.15, -0.1) is 6.42 Å². The maximum atomic E-state index is 10.0. The van der Waals surface area contributed by atoms with Gasteiger partial charge in [0.25, 0.3) is 0 Å². The van der Waals surface area contributed by atoms with E-state index in [1.165, 1.54) is 6.08 Å². The summed E-state index contributed by atoms with van der Waals surface area (Å²) >= 11 is 0. The summed E-state index contributed by atoms with van der Waals surface area (Å²) in [4.78, 5) is 12.2. The predicted octanol–water partition coefficient (Wildman–Crippen LogP) is 0.0983. The first kappa shape index (κ1) is 10.0. The lowest BCUT2D eigenvalue weighted by Crippen LogP contribution is -2.42. The number of morpholine rings is 1. The minimum Gasteiger partial charge on any atom is -0.379 e. The molecule has 0 aromatic carbocycles. The third-order valence-electron chi connectivity index (χ3n) is 2.10. The van der Waals surface area contributed by atoms with Crippen LogP contribution in [0.5, 0.6) is 0 Å². The number of carbonyl (C=O) groups excluding carboxylic acids is 1. The van der Waals surface area contributed by atoms with Crippen molar-refractivity contribution < 1.29 is 9.53 Å². The Morgan fingerprint density at radius 3 is 2.77 bits per heavy atom. The Kier molecular flexibility index (Phi) is 4.28. The highest BCUT2D eigenvalue weighted by Gasteiger charge is 2.17. The van der Waals surface area contributed by atoms with Gasteiger partial charge in [-0.05, 0) is 0 Å². The molecule has 1 aliphatic rings. The zero-order valence-corrected chi connectivity index (χ0v) is 7.53. The van der Waals surface area contributed by atoms with Crippen LogP contribution in [-0.2, 0) is 9.53 Å². The Balaban J connectivity index is 2.44. The number of hydrogen-bond acceptors (Lipinski definition) is 3. The molecule has 1 unspecified atom stereocenters. The van der Waals surface area contributed by atoms with E-state index in [1.54, 1.807) is 5.94 Å². The monoisotopic (exact) mass is 179 g/mol. The van der Waals surface area contributed by atoms with Crippen molar-refractivity contribution >= 4 is 5.94 Å². The van der Waals surface area contributed by atoms with E-state index < -0.39 is 0 Å². The van der Waals surface area contributed by atoms with Crippen LogP contribution < -0.4 is 0 Å². The fourth-order valence-electron chi connectivity index (χ4n) is 1.37. The first-order valence-electron chi connectivity index (χ1n) is 4.35. The van der Waals surface area contributed by atoms with Crippen LogP contribution in [0.1, 0.15) is 6.42 Å². The van der Waals surface area contributed by atoms with E-state index in [0.29, 0.717) is 6.42 Å². The lowest BCUT2D eigenvalue weighted by Gasteiger charge is -2.30. The molecule has 1 heterocycles. The van der Waals surface area contributed by atoms with Gasteiger partial charge in [0.05, 0.1) is 19.3 Å². The van der Waals surface area contributed by atoms with Crippen LogP contribution >= 0.6 is 0 Å². The third-order valence-corrected chi connectivity index (χ3v) is 2.10. The molecule has 0 amide bonds. The van der Waals surface area contributed by atoms with Crippen LogP contribution in [0.25, 0.3) is 0 Å². The summed E-state index contributed by atoms with van der Waals surface area (Å²) in [5, 5.41) is 0. The van der Waals surface area contributed by atoms with Crippen LogP contribution in [0.3, 0.4) is 0 Å². The molecule has 13 heavy (non-hydrogen) atoms. The zero-order valence-electron chi connectivity index (χ0n) is 7.53. The number of nitrogens with zero attached hydrogens (tertiary/aromatic N) is 1. The third kappa shape index (κ3) is 3.04. The average Bonchev–Trinajstić information content (AvgIpc) is 2.21. The molecule has 1 atom stereocenters. The highest BCUT2D eigenvalue weighted by Crippen LogP contribution is 2.06. The van der Waals surface area contributed by atoms with E-state index in [4.69, 9.17) is 11.2 Å². The SMILES string of the molecule is C#CC(CC=C=O)N1CCOCC1. The molecule has 0 bridgehead atoms. The highest BCUT2D eigenvalue weighted by atomic mass is 16.5. The molecule has 1 fully saturated rings. The fourth-order valence-corrected chi connectivity index (χ4v) is 1.37.